The van der Waals surface area contributed by atoms with E-state index in [2.05, 4.69) is 10.6 Å². The maximum atomic E-state index is 12.2. The van der Waals surface area contributed by atoms with E-state index in [1.165, 1.54) is 0 Å². The highest BCUT2D eigenvalue weighted by atomic mass is 35.5. The number of carbonyl (C=O) groups excluding carboxylic acids is 2. The van der Waals surface area contributed by atoms with E-state index >= 15 is 0 Å². The zero-order valence-corrected chi connectivity index (χ0v) is 12.1. The van der Waals surface area contributed by atoms with Gasteiger partial charge in [-0.15, -0.1) is 12.4 Å². The Balaban J connectivity index is 0.00000180. The van der Waals surface area contributed by atoms with Crippen LogP contribution in [0.3, 0.4) is 0 Å². The molecule has 0 aromatic rings. The van der Waals surface area contributed by atoms with Crippen LogP contribution < -0.4 is 16.4 Å². The first-order valence-corrected chi connectivity index (χ1v) is 6.97. The summed E-state index contributed by atoms with van der Waals surface area (Å²) in [6.45, 7) is 1.75. The van der Waals surface area contributed by atoms with Gasteiger partial charge in [-0.05, 0) is 38.8 Å². The Kier molecular flexibility index (Phi) is 6.07. The van der Waals surface area contributed by atoms with Gasteiger partial charge in [0.25, 0.3) is 0 Å². The van der Waals surface area contributed by atoms with Crippen molar-refractivity contribution in [2.24, 2.45) is 11.7 Å². The molecule has 1 saturated heterocycles. The molecule has 0 unspecified atom stereocenters. The topological polar surface area (TPSA) is 84.2 Å². The van der Waals surface area contributed by atoms with Crippen molar-refractivity contribution in [3.8, 4) is 0 Å². The van der Waals surface area contributed by atoms with Crippen LogP contribution in [0, 0.1) is 5.92 Å². The third-order valence-corrected chi connectivity index (χ3v) is 4.25. The van der Waals surface area contributed by atoms with Crippen LogP contribution in [0.5, 0.6) is 0 Å². The molecule has 0 spiro atoms. The van der Waals surface area contributed by atoms with Crippen molar-refractivity contribution in [2.45, 2.75) is 50.5 Å². The highest BCUT2D eigenvalue weighted by Crippen LogP contribution is 2.28. The van der Waals surface area contributed by atoms with Gasteiger partial charge < -0.3 is 16.4 Å². The normalized spacial score (nSPS) is 23.2. The number of carbonyl (C=O) groups is 2. The van der Waals surface area contributed by atoms with E-state index in [1.807, 2.05) is 0 Å². The minimum Gasteiger partial charge on any atom is -0.368 e. The fourth-order valence-corrected chi connectivity index (χ4v) is 3.01. The summed E-state index contributed by atoms with van der Waals surface area (Å²) >= 11 is 0. The molecule has 0 radical (unpaired) electrons. The molecule has 19 heavy (non-hydrogen) atoms. The second kappa shape index (κ2) is 7.10. The molecule has 1 heterocycles. The van der Waals surface area contributed by atoms with Gasteiger partial charge in [-0.1, -0.05) is 19.3 Å². The first kappa shape index (κ1) is 16.2. The minimum absolute atomic E-state index is 0. The van der Waals surface area contributed by atoms with Crippen LogP contribution >= 0.6 is 12.4 Å². The van der Waals surface area contributed by atoms with Crippen molar-refractivity contribution < 1.29 is 9.59 Å². The molecule has 4 N–H and O–H groups in total. The molecule has 1 aliphatic carbocycles. The van der Waals surface area contributed by atoms with Gasteiger partial charge in [-0.2, -0.15) is 0 Å². The number of nitrogens with two attached hydrogens (primary N) is 1. The number of hydrogen-bond donors (Lipinski definition) is 3. The summed E-state index contributed by atoms with van der Waals surface area (Å²) in [5, 5.41) is 6.19. The molecule has 2 amide bonds. The molecule has 110 valence electrons. The quantitative estimate of drug-likeness (QED) is 0.715. The van der Waals surface area contributed by atoms with Crippen LogP contribution in [0.15, 0.2) is 0 Å². The SMILES string of the molecule is Cl.NC(=O)C1(NC(=O)C2CCNCC2)CCCCC1. The van der Waals surface area contributed by atoms with E-state index in [-0.39, 0.29) is 30.1 Å². The van der Waals surface area contributed by atoms with E-state index in [9.17, 15) is 9.59 Å². The molecule has 0 aromatic heterocycles. The number of halogens is 1. The lowest BCUT2D eigenvalue weighted by molar-refractivity contribution is -0.135. The first-order valence-electron chi connectivity index (χ1n) is 6.97. The second-order valence-electron chi connectivity index (χ2n) is 5.52. The lowest BCUT2D eigenvalue weighted by Crippen LogP contribution is -2.60. The number of piperidine rings is 1. The van der Waals surface area contributed by atoms with E-state index in [0.717, 1.165) is 45.2 Å². The summed E-state index contributed by atoms with van der Waals surface area (Å²) < 4.78 is 0. The number of primary amides is 1. The number of nitrogens with one attached hydrogen (secondary N) is 2. The van der Waals surface area contributed by atoms with Gasteiger partial charge in [0.15, 0.2) is 0 Å². The molecular weight excluding hydrogens is 266 g/mol. The Labute approximate surface area is 120 Å². The Morgan fingerprint density at radius 1 is 1.11 bits per heavy atom. The van der Waals surface area contributed by atoms with Gasteiger partial charge in [-0.3, -0.25) is 9.59 Å². The van der Waals surface area contributed by atoms with Gasteiger partial charge in [-0.25, -0.2) is 0 Å². The average molecular weight is 290 g/mol. The number of rotatable bonds is 3. The molecule has 0 atom stereocenters. The zero-order valence-electron chi connectivity index (χ0n) is 11.2. The van der Waals surface area contributed by atoms with Gasteiger partial charge in [0.05, 0.1) is 0 Å². The third-order valence-electron chi connectivity index (χ3n) is 4.25. The molecule has 2 rings (SSSR count). The zero-order chi connectivity index (χ0) is 13.0. The van der Waals surface area contributed by atoms with E-state index in [4.69, 9.17) is 5.73 Å². The van der Waals surface area contributed by atoms with E-state index in [1.54, 1.807) is 0 Å². The summed E-state index contributed by atoms with van der Waals surface area (Å²) in [5.41, 5.74) is 4.74. The van der Waals surface area contributed by atoms with Gasteiger partial charge in [0, 0.05) is 5.92 Å². The number of amides is 2. The smallest absolute Gasteiger partial charge is 0.243 e. The van der Waals surface area contributed by atoms with Crippen LogP contribution in [0.25, 0.3) is 0 Å². The largest absolute Gasteiger partial charge is 0.368 e. The van der Waals surface area contributed by atoms with Gasteiger partial charge in [0.2, 0.25) is 11.8 Å². The summed E-state index contributed by atoms with van der Waals surface area (Å²) in [6, 6.07) is 0. The molecule has 5 nitrogen and oxygen atoms in total. The molecule has 0 aromatic carbocycles. The summed E-state index contributed by atoms with van der Waals surface area (Å²) in [6.07, 6.45) is 6.14. The predicted octanol–water partition coefficient (Wildman–Crippen LogP) is 0.712. The molecule has 1 saturated carbocycles. The Morgan fingerprint density at radius 3 is 2.21 bits per heavy atom. The van der Waals surface area contributed by atoms with Crippen LogP contribution in [0.4, 0.5) is 0 Å². The van der Waals surface area contributed by atoms with Crippen molar-refractivity contribution >= 4 is 24.2 Å². The maximum absolute atomic E-state index is 12.2. The molecule has 2 aliphatic rings. The summed E-state index contributed by atoms with van der Waals surface area (Å²) in [5.74, 6) is -0.328. The van der Waals surface area contributed by atoms with Gasteiger partial charge in [0.1, 0.15) is 5.54 Å². The van der Waals surface area contributed by atoms with E-state index < -0.39 is 5.54 Å². The number of hydrogen-bond acceptors (Lipinski definition) is 3. The highest BCUT2D eigenvalue weighted by molar-refractivity contribution is 5.91. The Morgan fingerprint density at radius 2 is 1.68 bits per heavy atom. The average Bonchev–Trinajstić information content (AvgIpc) is 2.40. The Bertz CT molecular complexity index is 324. The Hall–Kier alpha value is -0.810. The molecule has 1 aliphatic heterocycles. The maximum Gasteiger partial charge on any atom is 0.243 e. The summed E-state index contributed by atoms with van der Waals surface area (Å²) in [7, 11) is 0. The fourth-order valence-electron chi connectivity index (χ4n) is 3.01. The summed E-state index contributed by atoms with van der Waals surface area (Å²) in [4.78, 5) is 23.9. The molecule has 0 bridgehead atoms. The van der Waals surface area contributed by atoms with Crippen molar-refractivity contribution in [3.05, 3.63) is 0 Å². The van der Waals surface area contributed by atoms with Crippen LogP contribution in [-0.4, -0.2) is 30.4 Å². The third kappa shape index (κ3) is 3.83. The van der Waals surface area contributed by atoms with Gasteiger partial charge >= 0.3 is 0 Å². The van der Waals surface area contributed by atoms with Crippen molar-refractivity contribution in [2.75, 3.05) is 13.1 Å². The predicted molar refractivity (Wildman–Crippen MR) is 76.0 cm³/mol. The first-order chi connectivity index (χ1) is 8.64. The fraction of sp³-hybridized carbons (Fsp3) is 0.846. The van der Waals surface area contributed by atoms with E-state index in [0.29, 0.717) is 12.8 Å². The minimum atomic E-state index is -0.778. The van der Waals surface area contributed by atoms with Crippen molar-refractivity contribution in [3.63, 3.8) is 0 Å². The van der Waals surface area contributed by atoms with Crippen LogP contribution in [-0.2, 0) is 9.59 Å². The second-order valence-corrected chi connectivity index (χ2v) is 5.52. The monoisotopic (exact) mass is 289 g/mol. The highest BCUT2D eigenvalue weighted by Gasteiger charge is 2.40. The van der Waals surface area contributed by atoms with Crippen molar-refractivity contribution in [1.82, 2.24) is 10.6 Å². The van der Waals surface area contributed by atoms with Crippen LogP contribution in [0.1, 0.15) is 44.9 Å². The van der Waals surface area contributed by atoms with Crippen molar-refractivity contribution in [1.29, 1.82) is 0 Å². The van der Waals surface area contributed by atoms with Crippen LogP contribution in [0.2, 0.25) is 0 Å². The molecule has 2 fully saturated rings. The lowest BCUT2D eigenvalue weighted by atomic mass is 9.80. The lowest BCUT2D eigenvalue weighted by Gasteiger charge is -2.36. The molecular formula is C13H24ClN3O2. The standard InChI is InChI=1S/C13H23N3O2.ClH/c14-12(18)13(6-2-1-3-7-13)16-11(17)10-4-8-15-9-5-10;/h10,15H,1-9H2,(H2,14,18)(H,16,17);1H. The molecule has 6 heteroatoms.